The van der Waals surface area contributed by atoms with Gasteiger partial charge in [0.1, 0.15) is 0 Å². The maximum atomic E-state index is 11.4. The molecular formula is C9H11N2NaO3S-. The van der Waals surface area contributed by atoms with Gasteiger partial charge in [0.25, 0.3) is 5.56 Å². The van der Waals surface area contributed by atoms with Crippen LogP contribution < -0.4 is 10.3 Å². The smallest absolute Gasteiger partial charge is 0.292 e. The largest absolute Gasteiger partial charge is 0.742 e. The van der Waals surface area contributed by atoms with E-state index in [2.05, 4.69) is 9.97 Å². The predicted octanol–water partition coefficient (Wildman–Crippen LogP) is 0.200. The fraction of sp³-hybridized carbons (Fsp3) is 0.556. The summed E-state index contributed by atoms with van der Waals surface area (Å²) in [5, 5.41) is 0.164. The molecule has 0 amide bonds. The molecule has 1 fully saturated rings. The number of ether oxygens (including phenoxy) is 2. The number of nitrogens with zero attached hydrogens (tertiary/aromatic N) is 1. The second-order valence-electron chi connectivity index (χ2n) is 3.30. The first-order valence-corrected chi connectivity index (χ1v) is 5.21. The molecule has 16 heavy (non-hydrogen) atoms. The Morgan fingerprint density at radius 2 is 2.38 bits per heavy atom. The van der Waals surface area contributed by atoms with Crippen molar-refractivity contribution in [3.63, 3.8) is 0 Å². The molecule has 1 saturated heterocycles. The Balaban J connectivity index is 0.00000128. The molecule has 2 rings (SSSR count). The third-order valence-corrected chi connectivity index (χ3v) is 2.35. The van der Waals surface area contributed by atoms with Gasteiger partial charge in [-0.2, -0.15) is 0 Å². The van der Waals surface area contributed by atoms with Crippen molar-refractivity contribution < 1.29 is 9.47 Å². The molecule has 1 aliphatic heterocycles. The van der Waals surface area contributed by atoms with Crippen LogP contribution in [0.4, 0.5) is 0 Å². The molecule has 1 aromatic heterocycles. The number of rotatable bonds is 2. The standard InChI is InChI=1S/C9H12N2O3S.Na/c12-8-6(5-10-9(15)11-8)14-7-3-1-2-4-13-7;/h5,7H,1-4H2,(H2,10,11,12,15);/p-1. The number of aromatic nitrogens is 2. The van der Waals surface area contributed by atoms with Gasteiger partial charge >= 0.3 is 0 Å². The molecule has 1 unspecified atom stereocenters. The summed E-state index contributed by atoms with van der Waals surface area (Å²) < 4.78 is 10.7. The van der Waals surface area contributed by atoms with Gasteiger partial charge in [-0.3, -0.25) is 9.78 Å². The van der Waals surface area contributed by atoms with E-state index in [-0.39, 0.29) is 52.3 Å². The molecule has 2 heterocycles. The first-order chi connectivity index (χ1) is 7.25. The minimum Gasteiger partial charge on any atom is -0.742 e. The van der Waals surface area contributed by atoms with Crippen molar-refractivity contribution >= 4 is 42.2 Å². The van der Waals surface area contributed by atoms with E-state index >= 15 is 0 Å². The summed E-state index contributed by atoms with van der Waals surface area (Å²) in [5.41, 5.74) is -0.357. The predicted molar refractivity (Wildman–Crippen MR) is 60.5 cm³/mol. The minimum absolute atomic E-state index is 0. The Morgan fingerprint density at radius 3 is 3.00 bits per heavy atom. The van der Waals surface area contributed by atoms with Gasteiger partial charge in [0.15, 0.2) is 6.29 Å². The van der Waals surface area contributed by atoms with Crippen LogP contribution in [-0.4, -0.2) is 52.4 Å². The van der Waals surface area contributed by atoms with E-state index in [1.807, 2.05) is 0 Å². The minimum atomic E-state index is -0.357. The second-order valence-corrected chi connectivity index (χ2v) is 3.68. The Labute approximate surface area is 121 Å². The van der Waals surface area contributed by atoms with Crippen LogP contribution in [0.3, 0.4) is 0 Å². The SMILES string of the molecule is O=c1[nH]c([S-])ncc1OC1CCCCO1.[Na]. The molecule has 0 aromatic carbocycles. The van der Waals surface area contributed by atoms with Crippen LogP contribution in [0.1, 0.15) is 19.3 Å². The summed E-state index contributed by atoms with van der Waals surface area (Å²) in [6, 6.07) is 0. The average Bonchev–Trinajstić information content (AvgIpc) is 2.24. The van der Waals surface area contributed by atoms with Gasteiger partial charge in [-0.05, 0) is 18.0 Å². The van der Waals surface area contributed by atoms with Gasteiger partial charge in [0, 0.05) is 36.0 Å². The fourth-order valence-electron chi connectivity index (χ4n) is 1.40. The van der Waals surface area contributed by atoms with E-state index in [0.29, 0.717) is 6.61 Å². The van der Waals surface area contributed by atoms with Crippen LogP contribution in [0.25, 0.3) is 0 Å². The summed E-state index contributed by atoms with van der Waals surface area (Å²) >= 11 is 4.71. The molecular weight excluding hydrogens is 239 g/mol. The van der Waals surface area contributed by atoms with Crippen LogP contribution in [-0.2, 0) is 17.4 Å². The van der Waals surface area contributed by atoms with Crippen molar-refractivity contribution in [2.75, 3.05) is 6.61 Å². The summed E-state index contributed by atoms with van der Waals surface area (Å²) in [6.07, 6.45) is 3.89. The van der Waals surface area contributed by atoms with Crippen molar-refractivity contribution in [3.8, 4) is 5.75 Å². The van der Waals surface area contributed by atoms with Crippen LogP contribution in [0, 0.1) is 0 Å². The van der Waals surface area contributed by atoms with E-state index in [9.17, 15) is 4.79 Å². The van der Waals surface area contributed by atoms with E-state index in [1.54, 1.807) is 0 Å². The fourth-order valence-corrected chi connectivity index (χ4v) is 1.54. The number of hydrogen-bond acceptors (Lipinski definition) is 5. The van der Waals surface area contributed by atoms with Gasteiger partial charge in [-0.25, -0.2) is 0 Å². The zero-order chi connectivity index (χ0) is 10.7. The summed E-state index contributed by atoms with van der Waals surface area (Å²) in [5.74, 6) is 0.163. The van der Waals surface area contributed by atoms with E-state index in [4.69, 9.17) is 22.1 Å². The monoisotopic (exact) mass is 250 g/mol. The first-order valence-electron chi connectivity index (χ1n) is 4.80. The molecule has 1 aliphatic rings. The molecule has 0 bridgehead atoms. The van der Waals surface area contributed by atoms with Crippen LogP contribution in [0.5, 0.6) is 5.75 Å². The number of aromatic amines is 1. The summed E-state index contributed by atoms with van der Waals surface area (Å²) in [4.78, 5) is 17.6. The van der Waals surface area contributed by atoms with E-state index in [1.165, 1.54) is 6.20 Å². The van der Waals surface area contributed by atoms with Crippen molar-refractivity contribution in [1.82, 2.24) is 9.97 Å². The molecule has 5 nitrogen and oxygen atoms in total. The summed E-state index contributed by atoms with van der Waals surface area (Å²) in [7, 11) is 0. The van der Waals surface area contributed by atoms with Crippen LogP contribution in [0.15, 0.2) is 16.1 Å². The van der Waals surface area contributed by atoms with Crippen molar-refractivity contribution in [2.45, 2.75) is 30.7 Å². The van der Waals surface area contributed by atoms with Crippen LogP contribution >= 0.6 is 0 Å². The third kappa shape index (κ3) is 3.71. The molecule has 1 N–H and O–H groups in total. The molecule has 1 aromatic rings. The Bertz CT molecular complexity index is 393. The Kier molecular flexibility index (Phi) is 5.71. The molecule has 1 atom stereocenters. The van der Waals surface area contributed by atoms with Crippen molar-refractivity contribution in [1.29, 1.82) is 0 Å². The van der Waals surface area contributed by atoms with Crippen LogP contribution in [0.2, 0.25) is 0 Å². The van der Waals surface area contributed by atoms with Gasteiger partial charge in [0.05, 0.1) is 12.8 Å². The average molecular weight is 250 g/mol. The number of hydrogen-bond donors (Lipinski definition) is 1. The molecule has 0 saturated carbocycles. The molecule has 83 valence electrons. The van der Waals surface area contributed by atoms with Crippen molar-refractivity contribution in [3.05, 3.63) is 16.6 Å². The topological polar surface area (TPSA) is 64.2 Å². The van der Waals surface area contributed by atoms with E-state index in [0.717, 1.165) is 19.3 Å². The van der Waals surface area contributed by atoms with Gasteiger partial charge in [-0.15, -0.1) is 0 Å². The van der Waals surface area contributed by atoms with Crippen molar-refractivity contribution in [2.24, 2.45) is 0 Å². The molecule has 1 radical (unpaired) electrons. The maximum absolute atomic E-state index is 11.4. The molecule has 0 aliphatic carbocycles. The second kappa shape index (κ2) is 6.56. The van der Waals surface area contributed by atoms with Gasteiger partial charge in [0.2, 0.25) is 5.75 Å². The maximum Gasteiger partial charge on any atom is 0.292 e. The quantitative estimate of drug-likeness (QED) is 0.461. The first kappa shape index (κ1) is 13.9. The zero-order valence-electron chi connectivity index (χ0n) is 9.06. The number of H-pyrrole nitrogens is 1. The number of nitrogens with one attached hydrogen (secondary N) is 1. The Hall–Kier alpha value is -0.140. The van der Waals surface area contributed by atoms with Gasteiger partial charge in [-0.1, -0.05) is 0 Å². The molecule has 0 spiro atoms. The molecule has 7 heteroatoms. The Morgan fingerprint density at radius 1 is 1.56 bits per heavy atom. The van der Waals surface area contributed by atoms with Gasteiger partial charge < -0.3 is 27.1 Å². The third-order valence-electron chi connectivity index (χ3n) is 2.14. The zero-order valence-corrected chi connectivity index (χ0v) is 11.9. The summed E-state index contributed by atoms with van der Waals surface area (Å²) in [6.45, 7) is 0.676. The van der Waals surface area contributed by atoms with E-state index < -0.39 is 0 Å². The normalized spacial score (nSPS) is 19.9.